The third kappa shape index (κ3) is 5.49. The average molecular weight is 626 g/mol. The van der Waals surface area contributed by atoms with E-state index in [1.165, 1.54) is 0 Å². The van der Waals surface area contributed by atoms with E-state index in [9.17, 15) is 79.7 Å². The molecule has 0 amide bonds. The van der Waals surface area contributed by atoms with E-state index in [1.807, 2.05) is 0 Å². The molecule has 0 fully saturated rings. The van der Waals surface area contributed by atoms with Gasteiger partial charge in [0.1, 0.15) is 5.75 Å². The first-order valence-corrected chi connectivity index (χ1v) is 10.7. The zero-order valence-corrected chi connectivity index (χ0v) is 19.9. The molecule has 234 valence electrons. The summed E-state index contributed by atoms with van der Waals surface area (Å²) in [5, 5.41) is 10.4. The summed E-state index contributed by atoms with van der Waals surface area (Å²) >= 11 is 0. The molecule has 0 aliphatic heterocycles. The minimum absolute atomic E-state index is 0.174. The fourth-order valence-electron chi connectivity index (χ4n) is 3.20. The molecule has 0 aliphatic rings. The standard InChI is InChI=1S/C21H19F17O2/c1-3-4-9-40-12-8-6-5-7-11(12)13(2,39)10-14(22,23)15(24,25)16(26,27)17(28,29)18(30,31)19(32,33)20(34,35)21(36,37)38/h5-8,39H,3-4,9-10H2,1-2H3. The molecular formula is C21H19F17O2. The lowest BCUT2D eigenvalue weighted by atomic mass is 9.83. The summed E-state index contributed by atoms with van der Waals surface area (Å²) in [4.78, 5) is 0. The molecule has 0 aliphatic carbocycles. The van der Waals surface area contributed by atoms with Gasteiger partial charge in [-0.1, -0.05) is 31.5 Å². The molecule has 1 unspecified atom stereocenters. The van der Waals surface area contributed by atoms with Crippen LogP contribution in [0.25, 0.3) is 0 Å². The second-order valence-corrected chi connectivity index (χ2v) is 8.80. The summed E-state index contributed by atoms with van der Waals surface area (Å²) in [5.74, 6) is -57.7. The van der Waals surface area contributed by atoms with Crippen molar-refractivity contribution in [2.45, 2.75) is 86.3 Å². The van der Waals surface area contributed by atoms with E-state index in [4.69, 9.17) is 4.74 Å². The Morgan fingerprint density at radius 2 is 1.02 bits per heavy atom. The highest BCUT2D eigenvalue weighted by Gasteiger charge is 2.95. The normalized spacial score (nSPS) is 16.6. The number of hydrogen-bond acceptors (Lipinski definition) is 2. The van der Waals surface area contributed by atoms with E-state index in [0.29, 0.717) is 12.8 Å². The molecule has 0 spiro atoms. The molecule has 0 radical (unpaired) electrons. The van der Waals surface area contributed by atoms with Crippen molar-refractivity contribution in [3.63, 3.8) is 0 Å². The third-order valence-corrected chi connectivity index (χ3v) is 5.58. The van der Waals surface area contributed by atoms with Crippen LogP contribution in [0.4, 0.5) is 74.6 Å². The van der Waals surface area contributed by atoms with Crippen molar-refractivity contribution in [1.82, 2.24) is 0 Å². The van der Waals surface area contributed by atoms with Crippen LogP contribution < -0.4 is 4.74 Å². The highest BCUT2D eigenvalue weighted by Crippen LogP contribution is 2.64. The molecule has 0 saturated heterocycles. The van der Waals surface area contributed by atoms with Gasteiger partial charge in [-0.05, 0) is 19.4 Å². The molecule has 1 N–H and O–H groups in total. The van der Waals surface area contributed by atoms with Gasteiger partial charge in [0, 0.05) is 5.56 Å². The monoisotopic (exact) mass is 626 g/mol. The maximum absolute atomic E-state index is 14.4. The van der Waals surface area contributed by atoms with E-state index in [1.54, 1.807) is 6.92 Å². The molecule has 0 saturated carbocycles. The van der Waals surface area contributed by atoms with Gasteiger partial charge in [-0.2, -0.15) is 74.6 Å². The van der Waals surface area contributed by atoms with Gasteiger partial charge >= 0.3 is 47.6 Å². The number of benzene rings is 1. The quantitative estimate of drug-likeness (QED) is 0.176. The minimum atomic E-state index is -8.70. The molecule has 1 rings (SSSR count). The van der Waals surface area contributed by atoms with Crippen LogP contribution in [0.15, 0.2) is 24.3 Å². The summed E-state index contributed by atoms with van der Waals surface area (Å²) < 4.78 is 234. The van der Waals surface area contributed by atoms with Gasteiger partial charge in [0.05, 0.1) is 18.6 Å². The van der Waals surface area contributed by atoms with Crippen LogP contribution >= 0.6 is 0 Å². The van der Waals surface area contributed by atoms with Gasteiger partial charge in [0.25, 0.3) is 0 Å². The zero-order chi connectivity index (χ0) is 32.0. The van der Waals surface area contributed by atoms with E-state index >= 15 is 0 Å². The molecule has 1 aromatic carbocycles. The number of halogens is 17. The highest BCUT2D eigenvalue weighted by molar-refractivity contribution is 5.38. The van der Waals surface area contributed by atoms with Crippen LogP contribution in [0.1, 0.15) is 38.7 Å². The zero-order valence-electron chi connectivity index (χ0n) is 19.9. The Labute approximate surface area is 214 Å². The molecular weight excluding hydrogens is 607 g/mol. The van der Waals surface area contributed by atoms with Crippen molar-refractivity contribution in [2.75, 3.05) is 6.61 Å². The van der Waals surface area contributed by atoms with Crippen LogP contribution in [0.5, 0.6) is 5.75 Å². The highest BCUT2D eigenvalue weighted by atomic mass is 19.4. The van der Waals surface area contributed by atoms with E-state index in [0.717, 1.165) is 24.3 Å². The second-order valence-electron chi connectivity index (χ2n) is 8.80. The third-order valence-electron chi connectivity index (χ3n) is 5.58. The fraction of sp³-hybridized carbons (Fsp3) is 0.714. The smallest absolute Gasteiger partial charge is 0.460 e. The van der Waals surface area contributed by atoms with Crippen molar-refractivity contribution in [1.29, 1.82) is 0 Å². The Balaban J connectivity index is 3.59. The van der Waals surface area contributed by atoms with Crippen LogP contribution in [0, 0.1) is 0 Å². The summed E-state index contributed by atoms with van der Waals surface area (Å²) in [7, 11) is 0. The van der Waals surface area contributed by atoms with Gasteiger partial charge in [-0.25, -0.2) is 0 Å². The lowest BCUT2D eigenvalue weighted by Crippen LogP contribution is -2.74. The number of unbranched alkanes of at least 4 members (excludes halogenated alkanes) is 1. The molecule has 0 bridgehead atoms. The summed E-state index contributed by atoms with van der Waals surface area (Å²) in [5.41, 5.74) is -4.28. The average Bonchev–Trinajstić information content (AvgIpc) is 2.77. The van der Waals surface area contributed by atoms with Crippen molar-refractivity contribution >= 4 is 0 Å². The Hall–Kier alpha value is -2.21. The maximum Gasteiger partial charge on any atom is 0.460 e. The molecule has 0 aromatic heterocycles. The molecule has 2 nitrogen and oxygen atoms in total. The van der Waals surface area contributed by atoms with Crippen LogP contribution in [-0.2, 0) is 5.60 Å². The number of aliphatic hydroxyl groups is 1. The molecule has 40 heavy (non-hydrogen) atoms. The Morgan fingerprint density at radius 1 is 0.625 bits per heavy atom. The van der Waals surface area contributed by atoms with Crippen molar-refractivity contribution in [2.24, 2.45) is 0 Å². The van der Waals surface area contributed by atoms with E-state index in [-0.39, 0.29) is 13.5 Å². The lowest BCUT2D eigenvalue weighted by molar-refractivity contribution is -0.462. The molecule has 19 heteroatoms. The lowest BCUT2D eigenvalue weighted by Gasteiger charge is -2.43. The SMILES string of the molecule is CCCCOc1ccccc1C(C)(O)CC(F)(F)C(F)(F)C(F)(F)C(F)(F)C(F)(F)C(F)(F)C(F)(F)C(F)(F)F. The number of rotatable bonds is 13. The van der Waals surface area contributed by atoms with Gasteiger partial charge in [0.15, 0.2) is 0 Å². The van der Waals surface area contributed by atoms with Crippen LogP contribution in [0.3, 0.4) is 0 Å². The Kier molecular flexibility index (Phi) is 9.46. The van der Waals surface area contributed by atoms with Crippen molar-refractivity contribution in [3.05, 3.63) is 29.8 Å². The Bertz CT molecular complexity index is 1010. The number of alkyl halides is 17. The van der Waals surface area contributed by atoms with E-state index < -0.39 is 71.0 Å². The molecule has 1 aromatic rings. The maximum atomic E-state index is 14.4. The largest absolute Gasteiger partial charge is 0.493 e. The summed E-state index contributed by atoms with van der Waals surface area (Å²) in [6.45, 7) is 1.72. The predicted octanol–water partition coefficient (Wildman–Crippen LogP) is 8.47. The fourth-order valence-corrected chi connectivity index (χ4v) is 3.20. The first-order chi connectivity index (χ1) is 17.5. The van der Waals surface area contributed by atoms with Gasteiger partial charge in [0.2, 0.25) is 0 Å². The molecule has 1 atom stereocenters. The van der Waals surface area contributed by atoms with Crippen LogP contribution in [0.2, 0.25) is 0 Å². The minimum Gasteiger partial charge on any atom is -0.493 e. The van der Waals surface area contributed by atoms with Crippen molar-refractivity contribution < 1.29 is 84.5 Å². The van der Waals surface area contributed by atoms with Gasteiger partial charge in [-0.15, -0.1) is 0 Å². The first-order valence-electron chi connectivity index (χ1n) is 10.7. The number of hydrogen-bond donors (Lipinski definition) is 1. The Morgan fingerprint density at radius 3 is 1.45 bits per heavy atom. The second kappa shape index (κ2) is 10.6. The van der Waals surface area contributed by atoms with Crippen LogP contribution in [-0.4, -0.2) is 59.3 Å². The van der Waals surface area contributed by atoms with Crippen molar-refractivity contribution in [3.8, 4) is 5.75 Å². The topological polar surface area (TPSA) is 29.5 Å². The summed E-state index contributed by atoms with van der Waals surface area (Å²) in [6.07, 6.45) is -10.0. The number of ether oxygens (including phenoxy) is 1. The van der Waals surface area contributed by atoms with Gasteiger partial charge in [-0.3, -0.25) is 0 Å². The predicted molar refractivity (Wildman–Crippen MR) is 102 cm³/mol. The first kappa shape index (κ1) is 35.8. The van der Waals surface area contributed by atoms with Gasteiger partial charge < -0.3 is 9.84 Å². The van der Waals surface area contributed by atoms with E-state index in [2.05, 4.69) is 0 Å². The summed E-state index contributed by atoms with van der Waals surface area (Å²) in [6, 6.07) is 3.80. The number of para-hydroxylation sites is 1. The molecule has 0 heterocycles.